The van der Waals surface area contributed by atoms with Gasteiger partial charge >= 0.3 is 12.1 Å². The summed E-state index contributed by atoms with van der Waals surface area (Å²) >= 11 is 0. The normalized spacial score (nSPS) is 18.0. The van der Waals surface area contributed by atoms with E-state index in [4.69, 9.17) is 4.74 Å². The van der Waals surface area contributed by atoms with Crippen molar-refractivity contribution in [1.82, 2.24) is 4.90 Å². The highest BCUT2D eigenvalue weighted by atomic mass is 16.6. The minimum atomic E-state index is -0.967. The summed E-state index contributed by atoms with van der Waals surface area (Å²) in [5.41, 5.74) is 4.63. The molecule has 1 heterocycles. The lowest BCUT2D eigenvalue weighted by atomic mass is 9.98. The second-order valence-electron chi connectivity index (χ2n) is 6.49. The van der Waals surface area contributed by atoms with Gasteiger partial charge in [0.1, 0.15) is 12.6 Å². The Labute approximate surface area is 153 Å². The highest BCUT2D eigenvalue weighted by Gasteiger charge is 2.36. The van der Waals surface area contributed by atoms with Gasteiger partial charge in [0.15, 0.2) is 0 Å². The highest BCUT2D eigenvalue weighted by molar-refractivity contribution is 5.81. The maximum absolute atomic E-state index is 12.4. The predicted octanol–water partition coefficient (Wildman–Crippen LogP) is 4.12. The minimum Gasteiger partial charge on any atom is -0.480 e. The van der Waals surface area contributed by atoms with Gasteiger partial charge < -0.3 is 9.84 Å². The summed E-state index contributed by atoms with van der Waals surface area (Å²) in [4.78, 5) is 25.0. The second kappa shape index (κ2) is 7.20. The Hall–Kier alpha value is -2.82. The van der Waals surface area contributed by atoms with Gasteiger partial charge in [0.25, 0.3) is 0 Å². The first kappa shape index (κ1) is 18.0. The molecule has 1 atom stereocenters. The number of nitrogens with zero attached hydrogens (tertiary/aromatic N) is 1. The van der Waals surface area contributed by atoms with Crippen molar-refractivity contribution in [2.24, 2.45) is 0 Å². The maximum atomic E-state index is 12.4. The molecule has 0 unspecified atom stereocenters. The fourth-order valence-corrected chi connectivity index (χ4v) is 3.92. The quantitative estimate of drug-likeness (QED) is 0.901. The summed E-state index contributed by atoms with van der Waals surface area (Å²) < 4.78 is 5.53. The summed E-state index contributed by atoms with van der Waals surface area (Å²) in [5.74, 6) is -0.978. The number of aliphatic carboxylic acids is 1. The number of hydrogen-bond acceptors (Lipinski definition) is 3. The summed E-state index contributed by atoms with van der Waals surface area (Å²) in [6.07, 6.45) is 0.646. The van der Waals surface area contributed by atoms with Crippen LogP contribution in [0.2, 0.25) is 0 Å². The number of ether oxygens (including phenoxy) is 1. The Morgan fingerprint density at radius 1 is 1.04 bits per heavy atom. The molecular formula is C21H23NO4. The summed E-state index contributed by atoms with van der Waals surface area (Å²) in [6.45, 7) is 0.656. The van der Waals surface area contributed by atoms with Crippen molar-refractivity contribution in [3.8, 4) is 11.1 Å². The van der Waals surface area contributed by atoms with Gasteiger partial charge in [-0.25, -0.2) is 9.59 Å². The average Bonchev–Trinajstić information content (AvgIpc) is 3.23. The molecule has 1 amide bonds. The van der Waals surface area contributed by atoms with Crippen LogP contribution in [0.25, 0.3) is 11.1 Å². The van der Waals surface area contributed by atoms with Crippen LogP contribution in [-0.4, -0.2) is 41.3 Å². The molecule has 0 aromatic heterocycles. The Morgan fingerprint density at radius 2 is 1.62 bits per heavy atom. The van der Waals surface area contributed by atoms with E-state index in [2.05, 4.69) is 24.3 Å². The third-order valence-corrected chi connectivity index (χ3v) is 5.11. The zero-order chi connectivity index (χ0) is 17.4. The van der Waals surface area contributed by atoms with Crippen LogP contribution in [0.15, 0.2) is 48.5 Å². The topological polar surface area (TPSA) is 66.8 Å². The molecule has 5 heteroatoms. The Balaban J connectivity index is 0.00000196. The van der Waals surface area contributed by atoms with Gasteiger partial charge in [-0.15, -0.1) is 0 Å². The molecule has 1 aliphatic carbocycles. The number of benzene rings is 2. The van der Waals surface area contributed by atoms with E-state index in [0.29, 0.717) is 19.4 Å². The molecule has 136 valence electrons. The van der Waals surface area contributed by atoms with Crippen LogP contribution in [0.1, 0.15) is 37.3 Å². The summed E-state index contributed by atoms with van der Waals surface area (Å²) in [7, 11) is 0. The van der Waals surface area contributed by atoms with Crippen LogP contribution in [0.3, 0.4) is 0 Å². The van der Waals surface area contributed by atoms with E-state index in [9.17, 15) is 14.7 Å². The number of hydrogen-bond donors (Lipinski definition) is 1. The zero-order valence-electron chi connectivity index (χ0n) is 13.7. The minimum absolute atomic E-state index is 0. The van der Waals surface area contributed by atoms with E-state index in [-0.39, 0.29) is 20.0 Å². The third-order valence-electron chi connectivity index (χ3n) is 5.11. The monoisotopic (exact) mass is 353 g/mol. The number of carboxylic acids is 1. The molecule has 4 rings (SSSR count). The molecule has 2 aromatic carbocycles. The number of carbonyl (C=O) groups is 2. The van der Waals surface area contributed by atoms with Gasteiger partial charge in [-0.05, 0) is 35.1 Å². The van der Waals surface area contributed by atoms with Crippen molar-refractivity contribution >= 4 is 12.1 Å². The molecule has 2 aromatic rings. The van der Waals surface area contributed by atoms with Gasteiger partial charge in [0.05, 0.1) is 0 Å². The fourth-order valence-electron chi connectivity index (χ4n) is 3.92. The molecule has 0 spiro atoms. The SMILES string of the molecule is C.O=C(O)[C@@H]1CCCN1C(=O)OCC1c2ccccc2-c2ccccc21. The first-order chi connectivity index (χ1) is 12.2. The van der Waals surface area contributed by atoms with E-state index in [1.165, 1.54) is 16.0 Å². The lowest BCUT2D eigenvalue weighted by molar-refractivity contribution is -0.141. The largest absolute Gasteiger partial charge is 0.480 e. The molecule has 1 fully saturated rings. The van der Waals surface area contributed by atoms with Crippen LogP contribution < -0.4 is 0 Å². The Kier molecular flexibility index (Phi) is 4.98. The van der Waals surface area contributed by atoms with Crippen molar-refractivity contribution < 1.29 is 19.4 Å². The molecule has 0 radical (unpaired) electrons. The van der Waals surface area contributed by atoms with Gasteiger partial charge in [-0.3, -0.25) is 4.90 Å². The second-order valence-corrected chi connectivity index (χ2v) is 6.49. The van der Waals surface area contributed by atoms with Gasteiger partial charge in [-0.2, -0.15) is 0 Å². The molecule has 1 aliphatic heterocycles. The lowest BCUT2D eigenvalue weighted by Gasteiger charge is -2.22. The van der Waals surface area contributed by atoms with E-state index in [1.807, 2.05) is 24.3 Å². The molecule has 26 heavy (non-hydrogen) atoms. The summed E-state index contributed by atoms with van der Waals surface area (Å²) in [5, 5.41) is 9.22. The summed E-state index contributed by atoms with van der Waals surface area (Å²) in [6, 6.07) is 15.5. The van der Waals surface area contributed by atoms with E-state index in [1.54, 1.807) is 0 Å². The Morgan fingerprint density at radius 3 is 2.19 bits per heavy atom. The Bertz CT molecular complexity index is 787. The fraction of sp³-hybridized carbons (Fsp3) is 0.333. The molecule has 0 bridgehead atoms. The van der Waals surface area contributed by atoms with Crippen molar-refractivity contribution in [3.05, 3.63) is 59.7 Å². The first-order valence-electron chi connectivity index (χ1n) is 8.51. The standard InChI is InChI=1S/C20H19NO4.CH4/c22-19(23)18-10-5-11-21(18)20(24)25-12-17-15-8-3-1-6-13(15)14-7-2-4-9-16(14)17;/h1-4,6-9,17-18H,5,10-12H2,(H,22,23);1H4/t18-;/m0./s1. The first-order valence-corrected chi connectivity index (χ1v) is 8.51. The van der Waals surface area contributed by atoms with Crippen molar-refractivity contribution in [1.29, 1.82) is 0 Å². The predicted molar refractivity (Wildman–Crippen MR) is 99.2 cm³/mol. The number of carbonyl (C=O) groups excluding carboxylic acids is 1. The van der Waals surface area contributed by atoms with Gasteiger partial charge in [0.2, 0.25) is 0 Å². The number of amides is 1. The molecule has 1 saturated heterocycles. The molecule has 0 saturated carbocycles. The van der Waals surface area contributed by atoms with Crippen molar-refractivity contribution in [3.63, 3.8) is 0 Å². The number of carboxylic acid groups (broad SMARTS) is 1. The van der Waals surface area contributed by atoms with Crippen molar-refractivity contribution in [2.75, 3.05) is 13.2 Å². The van der Waals surface area contributed by atoms with E-state index >= 15 is 0 Å². The van der Waals surface area contributed by atoms with Gasteiger partial charge in [0, 0.05) is 12.5 Å². The van der Waals surface area contributed by atoms with Crippen molar-refractivity contribution in [2.45, 2.75) is 32.2 Å². The lowest BCUT2D eigenvalue weighted by Crippen LogP contribution is -2.41. The van der Waals surface area contributed by atoms with E-state index < -0.39 is 18.1 Å². The number of rotatable bonds is 3. The van der Waals surface area contributed by atoms with E-state index in [0.717, 1.165) is 11.1 Å². The molecular weight excluding hydrogens is 330 g/mol. The smallest absolute Gasteiger partial charge is 0.410 e. The number of fused-ring (bicyclic) bond motifs is 3. The number of likely N-dealkylation sites (tertiary alicyclic amines) is 1. The van der Waals surface area contributed by atoms with Gasteiger partial charge in [-0.1, -0.05) is 56.0 Å². The van der Waals surface area contributed by atoms with Crippen LogP contribution in [-0.2, 0) is 9.53 Å². The highest BCUT2D eigenvalue weighted by Crippen LogP contribution is 2.44. The van der Waals surface area contributed by atoms with Crippen LogP contribution >= 0.6 is 0 Å². The van der Waals surface area contributed by atoms with Crippen LogP contribution in [0.4, 0.5) is 4.79 Å². The van der Waals surface area contributed by atoms with Crippen LogP contribution in [0.5, 0.6) is 0 Å². The molecule has 5 nitrogen and oxygen atoms in total. The zero-order valence-corrected chi connectivity index (χ0v) is 13.7. The third kappa shape index (κ3) is 2.94. The average molecular weight is 353 g/mol. The maximum Gasteiger partial charge on any atom is 0.410 e. The van der Waals surface area contributed by atoms with Crippen LogP contribution in [0, 0.1) is 0 Å². The molecule has 2 aliphatic rings. The molecule has 1 N–H and O–H groups in total.